The fraction of sp³-hybridized carbons (Fsp3) is 0.231. The Balaban J connectivity index is 2.05. The van der Waals surface area contributed by atoms with E-state index in [1.165, 1.54) is 0 Å². The lowest BCUT2D eigenvalue weighted by Gasteiger charge is -1.89. The van der Waals surface area contributed by atoms with Gasteiger partial charge >= 0.3 is 0 Å². The summed E-state index contributed by atoms with van der Waals surface area (Å²) in [7, 11) is 0. The molecule has 0 spiro atoms. The van der Waals surface area contributed by atoms with E-state index in [9.17, 15) is 0 Å². The normalized spacial score (nSPS) is 11.5. The van der Waals surface area contributed by atoms with Crippen LogP contribution in [0.15, 0.2) is 36.4 Å². The fourth-order valence-electron chi connectivity index (χ4n) is 1.58. The maximum Gasteiger partial charge on any atom is 0.107 e. The third-order valence-corrected chi connectivity index (χ3v) is 2.32. The van der Waals surface area contributed by atoms with Crippen molar-refractivity contribution in [3.8, 4) is 0 Å². The number of nitrogens with zero attached hydrogens (tertiary/aromatic N) is 1. The molecule has 77 valence electrons. The fourth-order valence-corrected chi connectivity index (χ4v) is 1.58. The Kier molecular flexibility index (Phi) is 3.18. The zero-order chi connectivity index (χ0) is 10.5. The molecule has 0 fully saturated rings. The summed E-state index contributed by atoms with van der Waals surface area (Å²) in [4.78, 5) is 7.82. The number of aryl methyl sites for hydroxylation is 1. The second-order valence-corrected chi connectivity index (χ2v) is 3.50. The molecule has 2 nitrogen and oxygen atoms in total. The van der Waals surface area contributed by atoms with E-state index in [-0.39, 0.29) is 0 Å². The Morgan fingerprint density at radius 2 is 2.13 bits per heavy atom. The first-order valence-electron chi connectivity index (χ1n) is 5.28. The lowest BCUT2D eigenvalue weighted by Crippen LogP contribution is -1.85. The van der Waals surface area contributed by atoms with Crippen LogP contribution in [0, 0.1) is 6.92 Å². The van der Waals surface area contributed by atoms with Gasteiger partial charge in [0.25, 0.3) is 0 Å². The van der Waals surface area contributed by atoms with E-state index in [1.807, 2.05) is 18.2 Å². The quantitative estimate of drug-likeness (QED) is 0.752. The molecular weight excluding hydrogens is 184 g/mol. The molecular formula is C13H15N2. The minimum Gasteiger partial charge on any atom is -0.342 e. The van der Waals surface area contributed by atoms with E-state index in [1.54, 1.807) is 0 Å². The van der Waals surface area contributed by atoms with Gasteiger partial charge in [-0.25, -0.2) is 4.98 Å². The smallest absolute Gasteiger partial charge is 0.107 e. The second-order valence-electron chi connectivity index (χ2n) is 3.50. The maximum atomic E-state index is 4.51. The van der Waals surface area contributed by atoms with Crippen molar-refractivity contribution in [2.45, 2.75) is 19.3 Å². The zero-order valence-corrected chi connectivity index (χ0v) is 8.74. The monoisotopic (exact) mass is 199 g/mol. The minimum atomic E-state index is 0.861. The van der Waals surface area contributed by atoms with Crippen LogP contribution in [0.4, 0.5) is 0 Å². The molecule has 0 aliphatic carbocycles. The summed E-state index contributed by atoms with van der Waals surface area (Å²) in [6.45, 7) is 3.75. The molecule has 0 bridgehead atoms. The van der Waals surface area contributed by atoms with E-state index in [0.29, 0.717) is 0 Å². The number of benzene rings is 1. The Morgan fingerprint density at radius 3 is 2.93 bits per heavy atom. The number of aromatic amines is 1. The predicted octanol–water partition coefficient (Wildman–Crippen LogP) is 3.28. The average molecular weight is 199 g/mol. The second kappa shape index (κ2) is 4.78. The van der Waals surface area contributed by atoms with Crippen LogP contribution >= 0.6 is 0 Å². The number of allylic oxidation sites excluding steroid dienone is 2. The summed E-state index contributed by atoms with van der Waals surface area (Å²) in [5, 5.41) is 0. The summed E-state index contributed by atoms with van der Waals surface area (Å²) in [5.74, 6) is 1.06. The molecule has 1 aromatic carbocycles. The SMILES string of the molecule is [CH2]C/C=C/CCc1nc2ccccc2[nH]1. The number of aromatic nitrogens is 2. The lowest BCUT2D eigenvalue weighted by molar-refractivity contribution is 0.914. The van der Waals surface area contributed by atoms with Crippen molar-refractivity contribution in [1.29, 1.82) is 0 Å². The van der Waals surface area contributed by atoms with Crippen molar-refractivity contribution >= 4 is 11.0 Å². The van der Waals surface area contributed by atoms with Gasteiger partial charge in [-0.3, -0.25) is 0 Å². The molecule has 0 atom stereocenters. The van der Waals surface area contributed by atoms with Crippen molar-refractivity contribution in [1.82, 2.24) is 9.97 Å². The van der Waals surface area contributed by atoms with Gasteiger partial charge < -0.3 is 4.98 Å². The molecule has 0 aliphatic heterocycles. The van der Waals surface area contributed by atoms with Crippen molar-refractivity contribution < 1.29 is 0 Å². The first-order valence-corrected chi connectivity index (χ1v) is 5.28. The molecule has 2 aromatic rings. The number of H-pyrrole nitrogens is 1. The Morgan fingerprint density at radius 1 is 1.27 bits per heavy atom. The molecule has 1 radical (unpaired) electrons. The summed E-state index contributed by atoms with van der Waals surface area (Å²) in [6, 6.07) is 8.11. The molecule has 1 heterocycles. The van der Waals surface area contributed by atoms with Crippen LogP contribution in [0.5, 0.6) is 0 Å². The van der Waals surface area contributed by atoms with Gasteiger partial charge in [0.15, 0.2) is 0 Å². The maximum absolute atomic E-state index is 4.51. The van der Waals surface area contributed by atoms with Crippen molar-refractivity contribution in [2.75, 3.05) is 0 Å². The van der Waals surface area contributed by atoms with E-state index in [4.69, 9.17) is 0 Å². The first-order chi connectivity index (χ1) is 7.40. The topological polar surface area (TPSA) is 28.7 Å². The average Bonchev–Trinajstić information content (AvgIpc) is 2.67. The van der Waals surface area contributed by atoms with E-state index in [0.717, 1.165) is 36.1 Å². The van der Waals surface area contributed by atoms with Gasteiger partial charge in [-0.1, -0.05) is 24.3 Å². The Hall–Kier alpha value is -1.57. The zero-order valence-electron chi connectivity index (χ0n) is 8.74. The van der Waals surface area contributed by atoms with E-state index >= 15 is 0 Å². The first kappa shape index (κ1) is 9.97. The number of hydrogen-bond donors (Lipinski definition) is 1. The van der Waals surface area contributed by atoms with Gasteiger partial charge in [-0.15, -0.1) is 0 Å². The van der Waals surface area contributed by atoms with Gasteiger partial charge in [-0.2, -0.15) is 0 Å². The highest BCUT2D eigenvalue weighted by molar-refractivity contribution is 5.74. The van der Waals surface area contributed by atoms with Gasteiger partial charge in [-0.05, 0) is 31.9 Å². The standard InChI is InChI=1S/C13H15N2/c1-2-3-4-5-10-13-14-11-8-6-7-9-12(11)15-13/h3-4,6-9H,1-2,5,10H2,(H,14,15)/b4-3+. The van der Waals surface area contributed by atoms with Gasteiger partial charge in [0.1, 0.15) is 5.82 Å². The van der Waals surface area contributed by atoms with Crippen molar-refractivity contribution in [2.24, 2.45) is 0 Å². The molecule has 0 unspecified atom stereocenters. The molecule has 0 aliphatic rings. The largest absolute Gasteiger partial charge is 0.342 e. The number of rotatable bonds is 4. The van der Waals surface area contributed by atoms with Gasteiger partial charge in [0.2, 0.25) is 0 Å². The van der Waals surface area contributed by atoms with E-state index < -0.39 is 0 Å². The van der Waals surface area contributed by atoms with Crippen LogP contribution in [0.1, 0.15) is 18.7 Å². The van der Waals surface area contributed by atoms with Crippen LogP contribution in [0.25, 0.3) is 11.0 Å². The summed E-state index contributed by atoms with van der Waals surface area (Å²) < 4.78 is 0. The minimum absolute atomic E-state index is 0.861. The van der Waals surface area contributed by atoms with Crippen LogP contribution < -0.4 is 0 Å². The highest BCUT2D eigenvalue weighted by atomic mass is 14.9. The Labute approximate surface area is 90.0 Å². The molecule has 1 aromatic heterocycles. The van der Waals surface area contributed by atoms with Crippen LogP contribution in [-0.4, -0.2) is 9.97 Å². The number of hydrogen-bond acceptors (Lipinski definition) is 1. The van der Waals surface area contributed by atoms with Crippen molar-refractivity contribution in [3.05, 3.63) is 49.2 Å². The molecule has 2 heteroatoms. The predicted molar refractivity (Wildman–Crippen MR) is 63.5 cm³/mol. The van der Waals surface area contributed by atoms with Crippen LogP contribution in [0.3, 0.4) is 0 Å². The number of imidazole rings is 1. The van der Waals surface area contributed by atoms with Gasteiger partial charge in [0.05, 0.1) is 11.0 Å². The molecule has 1 N–H and O–H groups in total. The summed E-state index contributed by atoms with van der Waals surface area (Å²) >= 11 is 0. The van der Waals surface area contributed by atoms with Gasteiger partial charge in [0, 0.05) is 6.42 Å². The van der Waals surface area contributed by atoms with Crippen LogP contribution in [-0.2, 0) is 6.42 Å². The number of fused-ring (bicyclic) bond motifs is 1. The van der Waals surface area contributed by atoms with E-state index in [2.05, 4.69) is 35.1 Å². The third kappa shape index (κ3) is 2.46. The molecule has 0 saturated heterocycles. The highest BCUT2D eigenvalue weighted by Gasteiger charge is 1.99. The Bertz CT molecular complexity index is 421. The molecule has 15 heavy (non-hydrogen) atoms. The molecule has 0 saturated carbocycles. The van der Waals surface area contributed by atoms with Crippen LogP contribution in [0.2, 0.25) is 0 Å². The molecule has 0 amide bonds. The van der Waals surface area contributed by atoms with Crippen molar-refractivity contribution in [3.63, 3.8) is 0 Å². The number of para-hydroxylation sites is 2. The third-order valence-electron chi connectivity index (χ3n) is 2.32. The lowest BCUT2D eigenvalue weighted by atomic mass is 10.2. The molecule has 2 rings (SSSR count). The highest BCUT2D eigenvalue weighted by Crippen LogP contribution is 2.11. The number of nitrogens with one attached hydrogen (secondary N) is 1. The summed E-state index contributed by atoms with van der Waals surface area (Å²) in [5.41, 5.74) is 2.17. The summed E-state index contributed by atoms with van der Waals surface area (Å²) in [6.07, 6.45) is 7.09.